The first-order valence-electron chi connectivity index (χ1n) is 11.1. The molecule has 3 amide bonds. The number of anilines is 2. The third-order valence-electron chi connectivity index (χ3n) is 5.59. The van der Waals surface area contributed by atoms with Crippen molar-refractivity contribution in [3.8, 4) is 11.5 Å². The summed E-state index contributed by atoms with van der Waals surface area (Å²) in [5.74, 6) is -0.816. The first-order valence-corrected chi connectivity index (χ1v) is 11.5. The van der Waals surface area contributed by atoms with Crippen LogP contribution >= 0.6 is 11.6 Å². The molecule has 0 radical (unpaired) electrons. The Morgan fingerprint density at radius 1 is 0.917 bits per heavy atom. The summed E-state index contributed by atoms with van der Waals surface area (Å²) >= 11 is 6.26. The van der Waals surface area contributed by atoms with Gasteiger partial charge in [0.05, 0.1) is 19.9 Å². The van der Waals surface area contributed by atoms with Crippen LogP contribution in [-0.4, -0.2) is 38.5 Å². The van der Waals surface area contributed by atoms with Gasteiger partial charge in [-0.1, -0.05) is 48.0 Å². The van der Waals surface area contributed by atoms with E-state index in [0.29, 0.717) is 30.0 Å². The topological polar surface area (TPSA) is 97.0 Å². The quantitative estimate of drug-likeness (QED) is 0.425. The van der Waals surface area contributed by atoms with Crippen LogP contribution in [-0.2, 0) is 16.0 Å². The molecule has 36 heavy (non-hydrogen) atoms. The summed E-state index contributed by atoms with van der Waals surface area (Å²) in [6.45, 7) is 0.475. The minimum absolute atomic E-state index is 0.0961. The van der Waals surface area contributed by atoms with Crippen molar-refractivity contribution in [1.82, 2.24) is 5.32 Å². The molecule has 0 aliphatic carbocycles. The molecule has 0 fully saturated rings. The van der Waals surface area contributed by atoms with E-state index in [1.165, 1.54) is 14.2 Å². The van der Waals surface area contributed by atoms with E-state index in [4.69, 9.17) is 21.1 Å². The predicted octanol–water partition coefficient (Wildman–Crippen LogP) is 4.11. The smallest absolute Gasteiger partial charge is 0.283 e. The van der Waals surface area contributed by atoms with Crippen molar-refractivity contribution < 1.29 is 23.9 Å². The number of benzene rings is 3. The van der Waals surface area contributed by atoms with E-state index in [1.807, 2.05) is 30.3 Å². The van der Waals surface area contributed by atoms with E-state index < -0.39 is 11.8 Å². The average Bonchev–Trinajstić information content (AvgIpc) is 3.11. The van der Waals surface area contributed by atoms with Gasteiger partial charge in [-0.15, -0.1) is 0 Å². The minimum atomic E-state index is -0.692. The van der Waals surface area contributed by atoms with E-state index >= 15 is 0 Å². The van der Waals surface area contributed by atoms with Crippen LogP contribution in [0.15, 0.2) is 83.5 Å². The van der Waals surface area contributed by atoms with Gasteiger partial charge in [0.15, 0.2) is 0 Å². The number of carbonyl (C=O) groups excluding carboxylic acids is 3. The zero-order valence-corrected chi connectivity index (χ0v) is 20.5. The molecular weight excluding hydrogens is 482 g/mol. The number of amides is 3. The van der Waals surface area contributed by atoms with E-state index in [9.17, 15) is 14.4 Å². The van der Waals surface area contributed by atoms with Crippen LogP contribution in [0.4, 0.5) is 11.4 Å². The first kappa shape index (κ1) is 24.8. The van der Waals surface area contributed by atoms with E-state index in [2.05, 4.69) is 10.6 Å². The van der Waals surface area contributed by atoms with Crippen LogP contribution in [0.5, 0.6) is 11.5 Å². The maximum atomic E-state index is 13.2. The fraction of sp³-hybridized carbons (Fsp3) is 0.148. The molecule has 9 heteroatoms. The van der Waals surface area contributed by atoms with Gasteiger partial charge in [0, 0.05) is 23.9 Å². The molecule has 1 aliphatic heterocycles. The lowest BCUT2D eigenvalue weighted by Gasteiger charge is -2.18. The normalized spacial score (nSPS) is 13.1. The molecule has 0 aromatic heterocycles. The van der Waals surface area contributed by atoms with Gasteiger partial charge < -0.3 is 20.1 Å². The summed E-state index contributed by atoms with van der Waals surface area (Å²) in [4.78, 5) is 39.6. The fourth-order valence-electron chi connectivity index (χ4n) is 3.75. The molecule has 4 rings (SSSR count). The highest BCUT2D eigenvalue weighted by molar-refractivity contribution is 6.53. The Morgan fingerprint density at radius 2 is 1.69 bits per heavy atom. The molecule has 3 aromatic rings. The van der Waals surface area contributed by atoms with Gasteiger partial charge in [0.25, 0.3) is 17.7 Å². The number of nitrogens with one attached hydrogen (secondary N) is 2. The minimum Gasteiger partial charge on any atom is -0.497 e. The maximum Gasteiger partial charge on any atom is 0.283 e. The second-order valence-corrected chi connectivity index (χ2v) is 8.25. The maximum absolute atomic E-state index is 13.2. The SMILES string of the molecule is COc1ccc(N2C(=O)C(Cl)=C(Nc3cccc(C(=O)NCCc4ccccc4)c3)C2=O)c(OC)c1. The molecule has 0 unspecified atom stereocenters. The van der Waals surface area contributed by atoms with Crippen molar-refractivity contribution in [2.45, 2.75) is 6.42 Å². The van der Waals surface area contributed by atoms with E-state index in [1.54, 1.807) is 42.5 Å². The summed E-state index contributed by atoms with van der Waals surface area (Å²) in [5.41, 5.74) is 2.09. The predicted molar refractivity (Wildman–Crippen MR) is 137 cm³/mol. The van der Waals surface area contributed by atoms with Gasteiger partial charge in [-0.05, 0) is 42.3 Å². The van der Waals surface area contributed by atoms with Crippen molar-refractivity contribution in [2.24, 2.45) is 0 Å². The molecule has 0 saturated heterocycles. The largest absolute Gasteiger partial charge is 0.497 e. The Hall–Kier alpha value is -4.30. The van der Waals surface area contributed by atoms with Gasteiger partial charge in [0.2, 0.25) is 0 Å². The molecular formula is C27H24ClN3O5. The Morgan fingerprint density at radius 3 is 2.42 bits per heavy atom. The number of imide groups is 1. The molecule has 0 spiro atoms. The van der Waals surface area contributed by atoms with Crippen LogP contribution in [0.25, 0.3) is 0 Å². The molecule has 0 bridgehead atoms. The number of hydrogen-bond donors (Lipinski definition) is 2. The van der Waals surface area contributed by atoms with Crippen molar-refractivity contribution in [1.29, 1.82) is 0 Å². The zero-order chi connectivity index (χ0) is 25.7. The molecule has 3 aromatic carbocycles. The van der Waals surface area contributed by atoms with Gasteiger partial charge >= 0.3 is 0 Å². The molecule has 2 N–H and O–H groups in total. The number of methoxy groups -OCH3 is 2. The Labute approximate surface area is 213 Å². The number of halogens is 1. The second kappa shape index (κ2) is 11.0. The van der Waals surface area contributed by atoms with Gasteiger partial charge in [-0.25, -0.2) is 4.90 Å². The van der Waals surface area contributed by atoms with Crippen LogP contribution in [0.3, 0.4) is 0 Å². The molecule has 8 nitrogen and oxygen atoms in total. The standard InChI is InChI=1S/C27H24ClN3O5/c1-35-20-11-12-21(22(16-20)36-2)31-26(33)23(28)24(27(31)34)30-19-10-6-9-18(15-19)25(32)29-14-13-17-7-4-3-5-8-17/h3-12,15-16,30H,13-14H2,1-2H3,(H,29,32). The Balaban J connectivity index is 1.47. The number of nitrogens with zero attached hydrogens (tertiary/aromatic N) is 1. The number of ether oxygens (including phenoxy) is 2. The van der Waals surface area contributed by atoms with Crippen molar-refractivity contribution >= 4 is 40.7 Å². The van der Waals surface area contributed by atoms with Gasteiger partial charge in [-0.3, -0.25) is 14.4 Å². The lowest BCUT2D eigenvalue weighted by Crippen LogP contribution is -2.32. The van der Waals surface area contributed by atoms with Crippen molar-refractivity contribution in [3.05, 3.63) is 94.7 Å². The van der Waals surface area contributed by atoms with Gasteiger partial charge in [0.1, 0.15) is 22.2 Å². The summed E-state index contributed by atoms with van der Waals surface area (Å²) in [6.07, 6.45) is 0.703. The highest BCUT2D eigenvalue weighted by atomic mass is 35.5. The number of hydrogen-bond acceptors (Lipinski definition) is 6. The highest BCUT2D eigenvalue weighted by Gasteiger charge is 2.40. The van der Waals surface area contributed by atoms with Crippen LogP contribution in [0, 0.1) is 0 Å². The van der Waals surface area contributed by atoms with Crippen LogP contribution < -0.4 is 25.0 Å². The van der Waals surface area contributed by atoms with Crippen molar-refractivity contribution in [2.75, 3.05) is 31.0 Å². The van der Waals surface area contributed by atoms with E-state index in [0.717, 1.165) is 10.5 Å². The summed E-state index contributed by atoms with van der Waals surface area (Å²) in [5, 5.41) is 5.52. The Bertz CT molecular complexity index is 1340. The third kappa shape index (κ3) is 5.18. The molecule has 184 valence electrons. The monoisotopic (exact) mass is 505 g/mol. The molecule has 0 atom stereocenters. The summed E-state index contributed by atoms with van der Waals surface area (Å²) in [6, 6.07) is 21.2. The second-order valence-electron chi connectivity index (χ2n) is 7.87. The lowest BCUT2D eigenvalue weighted by atomic mass is 10.1. The third-order valence-corrected chi connectivity index (χ3v) is 5.94. The summed E-state index contributed by atoms with van der Waals surface area (Å²) < 4.78 is 10.5. The van der Waals surface area contributed by atoms with Crippen LogP contribution in [0.2, 0.25) is 0 Å². The molecule has 1 aliphatic rings. The zero-order valence-electron chi connectivity index (χ0n) is 19.7. The average molecular weight is 506 g/mol. The fourth-order valence-corrected chi connectivity index (χ4v) is 3.96. The molecule has 1 heterocycles. The lowest BCUT2D eigenvalue weighted by molar-refractivity contribution is -0.120. The Kier molecular flexibility index (Phi) is 7.56. The van der Waals surface area contributed by atoms with Gasteiger partial charge in [-0.2, -0.15) is 0 Å². The van der Waals surface area contributed by atoms with E-state index in [-0.39, 0.29) is 28.1 Å². The highest BCUT2D eigenvalue weighted by Crippen LogP contribution is 2.37. The first-order chi connectivity index (χ1) is 17.4. The molecule has 0 saturated carbocycles. The van der Waals surface area contributed by atoms with Crippen LogP contribution in [0.1, 0.15) is 15.9 Å². The number of carbonyl (C=O) groups is 3. The number of rotatable bonds is 9. The van der Waals surface area contributed by atoms with Crippen molar-refractivity contribution in [3.63, 3.8) is 0 Å². The summed E-state index contributed by atoms with van der Waals surface area (Å²) in [7, 11) is 2.92.